The quantitative estimate of drug-likeness (QED) is 0.841. The summed E-state index contributed by atoms with van der Waals surface area (Å²) in [5.41, 5.74) is 2.44. The number of carboxylic acid groups (broad SMARTS) is 1. The Labute approximate surface area is 142 Å². The van der Waals surface area contributed by atoms with E-state index in [9.17, 15) is 9.59 Å². The second-order valence-corrected chi connectivity index (χ2v) is 6.36. The van der Waals surface area contributed by atoms with E-state index >= 15 is 0 Å². The van der Waals surface area contributed by atoms with Crippen LogP contribution in [0.5, 0.6) is 0 Å². The zero-order valence-electron chi connectivity index (χ0n) is 13.1. The summed E-state index contributed by atoms with van der Waals surface area (Å²) in [5.74, 6) is -1.23. The van der Waals surface area contributed by atoms with Gasteiger partial charge in [0.1, 0.15) is 0 Å². The molecule has 1 aliphatic rings. The maximum absolute atomic E-state index is 12.1. The fraction of sp³-hybridized carbons (Fsp3) is 0.118. The zero-order valence-corrected chi connectivity index (χ0v) is 13.9. The van der Waals surface area contributed by atoms with Crippen molar-refractivity contribution in [3.63, 3.8) is 0 Å². The van der Waals surface area contributed by atoms with E-state index in [0.29, 0.717) is 15.8 Å². The van der Waals surface area contributed by atoms with Crippen molar-refractivity contribution < 1.29 is 14.7 Å². The summed E-state index contributed by atoms with van der Waals surface area (Å²) < 4.78 is 1.91. The third kappa shape index (κ3) is 3.26. The number of amidine groups is 1. The van der Waals surface area contributed by atoms with Gasteiger partial charge in [0.15, 0.2) is 5.17 Å². The highest BCUT2D eigenvalue weighted by Gasteiger charge is 2.24. The van der Waals surface area contributed by atoms with Crippen molar-refractivity contribution in [2.75, 3.05) is 0 Å². The molecule has 2 aromatic rings. The van der Waals surface area contributed by atoms with E-state index in [1.807, 2.05) is 36.9 Å². The molecule has 24 heavy (non-hydrogen) atoms. The molecular weight excluding hydrogens is 326 g/mol. The summed E-state index contributed by atoms with van der Waals surface area (Å²) in [7, 11) is 1.90. The molecule has 0 spiro atoms. The summed E-state index contributed by atoms with van der Waals surface area (Å²) in [4.78, 5) is 28.1. The average molecular weight is 341 g/mol. The lowest BCUT2D eigenvalue weighted by Crippen LogP contribution is -2.19. The van der Waals surface area contributed by atoms with Crippen molar-refractivity contribution in [1.82, 2.24) is 9.88 Å². The molecule has 0 atom stereocenters. The van der Waals surface area contributed by atoms with Crippen LogP contribution < -0.4 is 5.32 Å². The third-order valence-corrected chi connectivity index (χ3v) is 4.50. The lowest BCUT2D eigenvalue weighted by atomic mass is 10.1. The minimum Gasteiger partial charge on any atom is -0.478 e. The van der Waals surface area contributed by atoms with Gasteiger partial charge in [-0.05, 0) is 54.6 Å². The number of nitrogens with zero attached hydrogens (tertiary/aromatic N) is 2. The van der Waals surface area contributed by atoms with Gasteiger partial charge in [-0.15, -0.1) is 0 Å². The predicted octanol–water partition coefficient (Wildman–Crippen LogP) is 2.92. The van der Waals surface area contributed by atoms with Gasteiger partial charge in [0, 0.05) is 18.9 Å². The third-order valence-electron chi connectivity index (χ3n) is 3.59. The molecule has 1 aromatic heterocycles. The fourth-order valence-electron chi connectivity index (χ4n) is 2.21. The van der Waals surface area contributed by atoms with E-state index in [0.717, 1.165) is 11.3 Å². The summed E-state index contributed by atoms with van der Waals surface area (Å²) in [6.07, 6.45) is 3.70. The molecule has 0 radical (unpaired) electrons. The molecule has 0 unspecified atom stereocenters. The summed E-state index contributed by atoms with van der Waals surface area (Å²) >= 11 is 1.23. The summed E-state index contributed by atoms with van der Waals surface area (Å²) in [6.45, 7) is 1.84. The van der Waals surface area contributed by atoms with Crippen LogP contribution in [0.25, 0.3) is 6.08 Å². The minimum atomic E-state index is -1.01. The van der Waals surface area contributed by atoms with Crippen LogP contribution in [-0.4, -0.2) is 26.7 Å². The molecule has 1 amide bonds. The largest absolute Gasteiger partial charge is 0.478 e. The molecule has 6 nitrogen and oxygen atoms in total. The maximum Gasteiger partial charge on any atom is 0.335 e. The molecule has 122 valence electrons. The van der Waals surface area contributed by atoms with Crippen molar-refractivity contribution in [3.05, 3.63) is 58.3 Å². The predicted molar refractivity (Wildman–Crippen MR) is 94.4 cm³/mol. The van der Waals surface area contributed by atoms with Crippen LogP contribution in [0.1, 0.15) is 21.6 Å². The number of aliphatic imine (C=N–C) groups is 1. The molecule has 1 aromatic carbocycles. The van der Waals surface area contributed by atoms with Crippen molar-refractivity contribution >= 4 is 40.6 Å². The van der Waals surface area contributed by atoms with Crippen LogP contribution >= 0.6 is 11.8 Å². The van der Waals surface area contributed by atoms with Gasteiger partial charge in [-0.3, -0.25) is 4.79 Å². The Hall–Kier alpha value is -2.80. The van der Waals surface area contributed by atoms with Gasteiger partial charge in [0.25, 0.3) is 5.91 Å². The monoisotopic (exact) mass is 341 g/mol. The van der Waals surface area contributed by atoms with Gasteiger partial charge in [-0.1, -0.05) is 6.07 Å². The number of carbonyl (C=O) groups is 2. The highest BCUT2D eigenvalue weighted by atomic mass is 32.2. The first kappa shape index (κ1) is 16.1. The first-order chi connectivity index (χ1) is 11.4. The molecule has 0 saturated carbocycles. The van der Waals surface area contributed by atoms with Crippen molar-refractivity contribution in [3.8, 4) is 0 Å². The van der Waals surface area contributed by atoms with Crippen LogP contribution in [0, 0.1) is 6.92 Å². The van der Waals surface area contributed by atoms with Gasteiger partial charge >= 0.3 is 5.97 Å². The number of hydrogen-bond acceptors (Lipinski definition) is 4. The fourth-order valence-corrected chi connectivity index (χ4v) is 3.03. The van der Waals surface area contributed by atoms with Crippen molar-refractivity contribution in [2.24, 2.45) is 12.0 Å². The van der Waals surface area contributed by atoms with E-state index in [2.05, 4.69) is 10.3 Å². The standard InChI is InChI=1S/C17H15N3O3S/c1-10-5-6-11(16(22)23)8-13(10)18-17-19-15(21)14(24-17)9-12-4-3-7-20(12)2/h3-9H,1-2H3,(H,22,23)(H,18,19,21). The zero-order chi connectivity index (χ0) is 17.3. The molecule has 1 fully saturated rings. The Kier molecular flexibility index (Phi) is 4.26. The van der Waals surface area contributed by atoms with E-state index in [4.69, 9.17) is 5.11 Å². The van der Waals surface area contributed by atoms with E-state index < -0.39 is 5.97 Å². The van der Waals surface area contributed by atoms with Crippen molar-refractivity contribution in [1.29, 1.82) is 0 Å². The van der Waals surface area contributed by atoms with Crippen LogP contribution in [0.2, 0.25) is 0 Å². The van der Waals surface area contributed by atoms with Gasteiger partial charge in [0.05, 0.1) is 16.2 Å². The number of hydrogen-bond donors (Lipinski definition) is 2. The van der Waals surface area contributed by atoms with E-state index in [-0.39, 0.29) is 11.5 Å². The number of carboxylic acids is 1. The second-order valence-electron chi connectivity index (χ2n) is 5.33. The number of aromatic carboxylic acids is 1. The first-order valence-corrected chi connectivity index (χ1v) is 8.00. The van der Waals surface area contributed by atoms with Crippen LogP contribution in [0.3, 0.4) is 0 Å². The Morgan fingerprint density at radius 1 is 1.38 bits per heavy atom. The molecule has 3 rings (SSSR count). The highest BCUT2D eigenvalue weighted by molar-refractivity contribution is 8.18. The maximum atomic E-state index is 12.1. The Morgan fingerprint density at radius 2 is 2.17 bits per heavy atom. The summed E-state index contributed by atoms with van der Waals surface area (Å²) in [5, 5.41) is 12.2. The number of rotatable bonds is 3. The number of benzene rings is 1. The normalized spacial score (nSPS) is 17.5. The average Bonchev–Trinajstić information content (AvgIpc) is 3.08. The second kappa shape index (κ2) is 6.37. The van der Waals surface area contributed by atoms with Crippen LogP contribution in [-0.2, 0) is 11.8 Å². The molecule has 2 N–H and O–H groups in total. The Balaban J connectivity index is 1.90. The Morgan fingerprint density at radius 3 is 2.83 bits per heavy atom. The van der Waals surface area contributed by atoms with Crippen molar-refractivity contribution in [2.45, 2.75) is 6.92 Å². The molecule has 0 bridgehead atoms. The topological polar surface area (TPSA) is 83.7 Å². The molecule has 0 aliphatic carbocycles. The number of aromatic nitrogens is 1. The van der Waals surface area contributed by atoms with Crippen LogP contribution in [0.4, 0.5) is 5.69 Å². The van der Waals surface area contributed by atoms with Gasteiger partial charge in [0.2, 0.25) is 0 Å². The lowest BCUT2D eigenvalue weighted by Gasteiger charge is -2.03. The Bertz CT molecular complexity index is 896. The number of aryl methyl sites for hydroxylation is 2. The smallest absolute Gasteiger partial charge is 0.335 e. The van der Waals surface area contributed by atoms with E-state index in [1.54, 1.807) is 12.1 Å². The molecule has 1 saturated heterocycles. The number of thioether (sulfide) groups is 1. The van der Waals surface area contributed by atoms with E-state index in [1.165, 1.54) is 23.9 Å². The first-order valence-electron chi connectivity index (χ1n) is 7.19. The summed E-state index contributed by atoms with van der Waals surface area (Å²) in [6, 6.07) is 8.54. The molecule has 2 heterocycles. The van der Waals surface area contributed by atoms with Gasteiger partial charge in [-0.25, -0.2) is 9.79 Å². The van der Waals surface area contributed by atoms with Crippen LogP contribution in [0.15, 0.2) is 46.4 Å². The number of amides is 1. The lowest BCUT2D eigenvalue weighted by molar-refractivity contribution is -0.115. The minimum absolute atomic E-state index is 0.161. The number of carbonyl (C=O) groups excluding carboxylic acids is 1. The molecule has 7 heteroatoms. The van der Waals surface area contributed by atoms with Gasteiger partial charge in [-0.2, -0.15) is 0 Å². The number of nitrogens with one attached hydrogen (secondary N) is 1. The highest BCUT2D eigenvalue weighted by Crippen LogP contribution is 2.29. The SMILES string of the molecule is Cc1ccc(C(=O)O)cc1N=C1NC(=O)C(=Cc2cccn2C)S1. The van der Waals surface area contributed by atoms with Gasteiger partial charge < -0.3 is 15.0 Å². The molecule has 1 aliphatic heterocycles. The molecular formula is C17H15N3O3S.